The Kier molecular flexibility index (Phi) is 5.31. The Bertz CT molecular complexity index is 664. The molecule has 114 valence electrons. The standard InChI is InChI=1S/C15H15N3O4/c19-14(20)13-12(9-17-18-13)7-4-8-16-15(21)22-10-11-5-2-1-3-6-11/h1-7,9H,8,10H2,(H,16,21)(H,17,18)(H,19,20). The van der Waals surface area contributed by atoms with Crippen LogP contribution in [0.25, 0.3) is 6.08 Å². The maximum atomic E-state index is 11.5. The minimum atomic E-state index is -1.09. The number of carbonyl (C=O) groups is 2. The van der Waals surface area contributed by atoms with E-state index in [9.17, 15) is 9.59 Å². The number of nitrogens with zero attached hydrogens (tertiary/aromatic N) is 1. The number of carbonyl (C=O) groups excluding carboxylic acids is 1. The highest BCUT2D eigenvalue weighted by Gasteiger charge is 2.09. The van der Waals surface area contributed by atoms with Crippen LogP contribution in [0.3, 0.4) is 0 Å². The topological polar surface area (TPSA) is 104 Å². The highest BCUT2D eigenvalue weighted by Crippen LogP contribution is 2.06. The first kappa shape index (κ1) is 15.3. The number of aromatic amines is 1. The van der Waals surface area contributed by atoms with Gasteiger partial charge in [-0.15, -0.1) is 0 Å². The molecule has 0 radical (unpaired) electrons. The summed E-state index contributed by atoms with van der Waals surface area (Å²) in [5.41, 5.74) is 1.34. The van der Waals surface area contributed by atoms with Crippen LogP contribution in [0.15, 0.2) is 42.6 Å². The minimum absolute atomic E-state index is 0.00269. The third-order valence-electron chi connectivity index (χ3n) is 2.76. The third-order valence-corrected chi connectivity index (χ3v) is 2.76. The number of aromatic nitrogens is 2. The maximum absolute atomic E-state index is 11.5. The van der Waals surface area contributed by atoms with Gasteiger partial charge in [-0.1, -0.05) is 42.5 Å². The number of amides is 1. The average molecular weight is 301 g/mol. The van der Waals surface area contributed by atoms with Gasteiger partial charge in [0.1, 0.15) is 6.61 Å². The highest BCUT2D eigenvalue weighted by atomic mass is 16.5. The summed E-state index contributed by atoms with van der Waals surface area (Å²) in [6, 6.07) is 9.34. The number of alkyl carbamates (subject to hydrolysis) is 1. The van der Waals surface area contributed by atoms with Crippen LogP contribution >= 0.6 is 0 Å². The molecule has 2 rings (SSSR count). The molecule has 7 heteroatoms. The molecule has 0 atom stereocenters. The molecule has 7 nitrogen and oxygen atoms in total. The van der Waals surface area contributed by atoms with Gasteiger partial charge in [0.2, 0.25) is 0 Å². The van der Waals surface area contributed by atoms with E-state index in [1.807, 2.05) is 30.3 Å². The SMILES string of the molecule is O=C(NCC=Cc1cn[nH]c1C(=O)O)OCc1ccccc1. The lowest BCUT2D eigenvalue weighted by Crippen LogP contribution is -2.24. The fourth-order valence-corrected chi connectivity index (χ4v) is 1.70. The van der Waals surface area contributed by atoms with Gasteiger partial charge in [-0.05, 0) is 5.56 Å². The van der Waals surface area contributed by atoms with Crippen molar-refractivity contribution >= 4 is 18.1 Å². The normalized spacial score (nSPS) is 10.5. The Morgan fingerprint density at radius 3 is 2.82 bits per heavy atom. The molecule has 0 unspecified atom stereocenters. The van der Waals surface area contributed by atoms with Gasteiger partial charge in [-0.2, -0.15) is 5.10 Å². The molecular weight excluding hydrogens is 286 g/mol. The predicted octanol–water partition coefficient (Wildman–Crippen LogP) is 2.05. The van der Waals surface area contributed by atoms with Crippen molar-refractivity contribution in [2.45, 2.75) is 6.61 Å². The Hall–Kier alpha value is -3.09. The van der Waals surface area contributed by atoms with E-state index in [0.717, 1.165) is 5.56 Å². The van der Waals surface area contributed by atoms with E-state index in [2.05, 4.69) is 15.5 Å². The summed E-state index contributed by atoms with van der Waals surface area (Å²) in [7, 11) is 0. The van der Waals surface area contributed by atoms with E-state index in [4.69, 9.17) is 9.84 Å². The third kappa shape index (κ3) is 4.48. The number of aromatic carboxylic acids is 1. The first-order valence-corrected chi connectivity index (χ1v) is 6.54. The van der Waals surface area contributed by atoms with Gasteiger partial charge in [-0.3, -0.25) is 5.10 Å². The monoisotopic (exact) mass is 301 g/mol. The number of rotatable bonds is 6. The minimum Gasteiger partial charge on any atom is -0.477 e. The van der Waals surface area contributed by atoms with Gasteiger partial charge >= 0.3 is 12.1 Å². The summed E-state index contributed by atoms with van der Waals surface area (Å²) in [6.45, 7) is 0.416. The van der Waals surface area contributed by atoms with E-state index >= 15 is 0 Å². The number of benzene rings is 1. The average Bonchev–Trinajstić information content (AvgIpc) is 2.99. The molecule has 0 spiro atoms. The lowest BCUT2D eigenvalue weighted by Gasteiger charge is -2.05. The molecule has 1 aromatic heterocycles. The molecule has 0 fully saturated rings. The summed E-state index contributed by atoms with van der Waals surface area (Å²) in [5, 5.41) is 17.5. The van der Waals surface area contributed by atoms with Crippen LogP contribution in [0.1, 0.15) is 21.6 Å². The molecule has 0 aliphatic heterocycles. The number of nitrogens with one attached hydrogen (secondary N) is 2. The van der Waals surface area contributed by atoms with Crippen molar-refractivity contribution in [2.75, 3.05) is 6.54 Å². The van der Waals surface area contributed by atoms with Gasteiger partial charge < -0.3 is 15.2 Å². The molecule has 3 N–H and O–H groups in total. The molecule has 0 saturated carbocycles. The largest absolute Gasteiger partial charge is 0.477 e. The molecule has 0 bridgehead atoms. The first-order valence-electron chi connectivity index (χ1n) is 6.54. The quantitative estimate of drug-likeness (QED) is 0.757. The van der Waals surface area contributed by atoms with Crippen molar-refractivity contribution in [3.05, 3.63) is 59.4 Å². The lowest BCUT2D eigenvalue weighted by atomic mass is 10.2. The second-order valence-electron chi connectivity index (χ2n) is 4.35. The molecule has 0 aliphatic rings. The fourth-order valence-electron chi connectivity index (χ4n) is 1.70. The smallest absolute Gasteiger partial charge is 0.407 e. The number of carboxylic acids is 1. The Balaban J connectivity index is 1.74. The number of carboxylic acid groups (broad SMARTS) is 1. The Morgan fingerprint density at radius 1 is 1.32 bits per heavy atom. The molecule has 0 saturated heterocycles. The summed E-state index contributed by atoms with van der Waals surface area (Å²) in [6.07, 6.45) is 4.03. The van der Waals surface area contributed by atoms with Gasteiger partial charge in [-0.25, -0.2) is 9.59 Å². The van der Waals surface area contributed by atoms with Crippen LogP contribution in [0.4, 0.5) is 4.79 Å². The van der Waals surface area contributed by atoms with Crippen molar-refractivity contribution < 1.29 is 19.4 Å². The molecule has 1 aromatic carbocycles. The van der Waals surface area contributed by atoms with Gasteiger partial charge in [0, 0.05) is 12.1 Å². The number of hydrogen-bond acceptors (Lipinski definition) is 4. The van der Waals surface area contributed by atoms with E-state index in [-0.39, 0.29) is 18.8 Å². The second-order valence-corrected chi connectivity index (χ2v) is 4.35. The van der Waals surface area contributed by atoms with Crippen LogP contribution in [0, 0.1) is 0 Å². The van der Waals surface area contributed by atoms with Gasteiger partial charge in [0.15, 0.2) is 5.69 Å². The number of ether oxygens (including phenoxy) is 1. The Labute approximate surface area is 126 Å². The zero-order chi connectivity index (χ0) is 15.8. The summed E-state index contributed by atoms with van der Waals surface area (Å²) in [5.74, 6) is -1.09. The van der Waals surface area contributed by atoms with Crippen LogP contribution in [-0.2, 0) is 11.3 Å². The zero-order valence-corrected chi connectivity index (χ0v) is 11.7. The summed E-state index contributed by atoms with van der Waals surface area (Å²) in [4.78, 5) is 22.3. The van der Waals surface area contributed by atoms with Gasteiger partial charge in [0.05, 0.1) is 6.20 Å². The van der Waals surface area contributed by atoms with E-state index in [0.29, 0.717) is 5.56 Å². The van der Waals surface area contributed by atoms with Crippen LogP contribution < -0.4 is 5.32 Å². The van der Waals surface area contributed by atoms with Crippen molar-refractivity contribution in [3.8, 4) is 0 Å². The fraction of sp³-hybridized carbons (Fsp3) is 0.133. The molecule has 22 heavy (non-hydrogen) atoms. The maximum Gasteiger partial charge on any atom is 0.407 e. The highest BCUT2D eigenvalue weighted by molar-refractivity contribution is 5.89. The number of hydrogen-bond donors (Lipinski definition) is 3. The first-order chi connectivity index (χ1) is 10.7. The van der Waals surface area contributed by atoms with Crippen molar-refractivity contribution in [2.24, 2.45) is 0 Å². The van der Waals surface area contributed by atoms with Crippen LogP contribution in [-0.4, -0.2) is 33.9 Å². The molecule has 0 aliphatic carbocycles. The summed E-state index contributed by atoms with van der Waals surface area (Å²) < 4.78 is 5.03. The zero-order valence-electron chi connectivity index (χ0n) is 11.7. The lowest BCUT2D eigenvalue weighted by molar-refractivity contribution is 0.0690. The van der Waals surface area contributed by atoms with E-state index in [1.165, 1.54) is 6.20 Å². The summed E-state index contributed by atoms with van der Waals surface area (Å²) >= 11 is 0. The van der Waals surface area contributed by atoms with Crippen LogP contribution in [0.2, 0.25) is 0 Å². The predicted molar refractivity (Wildman–Crippen MR) is 79.2 cm³/mol. The van der Waals surface area contributed by atoms with Crippen molar-refractivity contribution in [1.29, 1.82) is 0 Å². The van der Waals surface area contributed by atoms with Crippen molar-refractivity contribution in [1.82, 2.24) is 15.5 Å². The molecule has 1 heterocycles. The van der Waals surface area contributed by atoms with Gasteiger partial charge in [0.25, 0.3) is 0 Å². The van der Waals surface area contributed by atoms with E-state index < -0.39 is 12.1 Å². The van der Waals surface area contributed by atoms with E-state index in [1.54, 1.807) is 12.2 Å². The molecule has 1 amide bonds. The second kappa shape index (κ2) is 7.63. The number of H-pyrrole nitrogens is 1. The van der Waals surface area contributed by atoms with Crippen LogP contribution in [0.5, 0.6) is 0 Å². The molecular formula is C15H15N3O4. The van der Waals surface area contributed by atoms with Crippen molar-refractivity contribution in [3.63, 3.8) is 0 Å². The Morgan fingerprint density at radius 2 is 2.09 bits per heavy atom. The molecule has 2 aromatic rings.